The molecule has 4 heteroatoms. The zero-order valence-electron chi connectivity index (χ0n) is 6.79. The lowest BCUT2D eigenvalue weighted by Gasteiger charge is -2.34. The van der Waals surface area contributed by atoms with E-state index in [1.807, 2.05) is 0 Å². The molecular formula is C7H14N2O2. The number of aliphatic hydroxyl groups is 1. The smallest absolute Gasteiger partial charge is 0.319 e. The third-order valence-electron chi connectivity index (χ3n) is 1.89. The Bertz CT molecular complexity index is 145. The van der Waals surface area contributed by atoms with Crippen LogP contribution in [-0.4, -0.2) is 54.2 Å². The van der Waals surface area contributed by atoms with Crippen molar-refractivity contribution < 1.29 is 9.90 Å². The Labute approximate surface area is 66.4 Å². The minimum Gasteiger partial charge on any atom is -0.395 e. The summed E-state index contributed by atoms with van der Waals surface area (Å²) in [6, 6.07) is 0.0327. The zero-order valence-corrected chi connectivity index (χ0v) is 6.79. The van der Waals surface area contributed by atoms with Crippen LogP contribution in [0.2, 0.25) is 0 Å². The Morgan fingerprint density at radius 3 is 2.64 bits per heavy atom. The number of urea groups is 1. The first-order valence-corrected chi connectivity index (χ1v) is 3.86. The van der Waals surface area contributed by atoms with E-state index in [0.717, 1.165) is 19.5 Å². The summed E-state index contributed by atoms with van der Waals surface area (Å²) in [5, 5.41) is 8.55. The highest BCUT2D eigenvalue weighted by molar-refractivity contribution is 5.74. The molecule has 0 spiro atoms. The van der Waals surface area contributed by atoms with E-state index in [1.54, 1.807) is 16.8 Å². The van der Waals surface area contributed by atoms with Gasteiger partial charge in [-0.15, -0.1) is 0 Å². The van der Waals surface area contributed by atoms with Gasteiger partial charge in [0.1, 0.15) is 0 Å². The van der Waals surface area contributed by atoms with Gasteiger partial charge in [0.2, 0.25) is 0 Å². The molecular weight excluding hydrogens is 144 g/mol. The molecule has 64 valence electrons. The molecule has 1 saturated heterocycles. The maximum absolute atomic E-state index is 11.3. The van der Waals surface area contributed by atoms with Crippen molar-refractivity contribution in [2.45, 2.75) is 6.42 Å². The van der Waals surface area contributed by atoms with Gasteiger partial charge in [-0.1, -0.05) is 0 Å². The normalized spacial score (nSPS) is 16.0. The second-order valence-corrected chi connectivity index (χ2v) is 2.77. The number of nitrogens with zero attached hydrogens (tertiary/aromatic N) is 2. The number of likely N-dealkylation sites (tertiary alicyclic amines) is 1. The predicted molar refractivity (Wildman–Crippen MR) is 41.3 cm³/mol. The SMILES string of the molecule is CN(CCO)C(=O)N1CCC1. The van der Waals surface area contributed by atoms with E-state index in [0.29, 0.717) is 6.54 Å². The van der Waals surface area contributed by atoms with Gasteiger partial charge < -0.3 is 14.9 Å². The molecule has 0 bridgehead atoms. The number of carbonyl (C=O) groups excluding carboxylic acids is 1. The Morgan fingerprint density at radius 2 is 2.27 bits per heavy atom. The molecule has 11 heavy (non-hydrogen) atoms. The Balaban J connectivity index is 2.27. The Morgan fingerprint density at radius 1 is 1.64 bits per heavy atom. The monoisotopic (exact) mass is 158 g/mol. The molecule has 0 aliphatic carbocycles. The van der Waals surface area contributed by atoms with Gasteiger partial charge in [0.25, 0.3) is 0 Å². The summed E-state index contributed by atoms with van der Waals surface area (Å²) in [7, 11) is 1.71. The molecule has 1 aliphatic rings. The van der Waals surface area contributed by atoms with E-state index >= 15 is 0 Å². The fraction of sp³-hybridized carbons (Fsp3) is 0.857. The first-order valence-electron chi connectivity index (χ1n) is 3.86. The third kappa shape index (κ3) is 1.83. The van der Waals surface area contributed by atoms with Crippen LogP contribution >= 0.6 is 0 Å². The highest BCUT2D eigenvalue weighted by Crippen LogP contribution is 2.07. The molecule has 0 aromatic rings. The molecule has 1 aliphatic heterocycles. The van der Waals surface area contributed by atoms with Crippen molar-refractivity contribution in [2.75, 3.05) is 33.3 Å². The molecule has 0 aromatic heterocycles. The summed E-state index contributed by atoms with van der Waals surface area (Å²) in [5.74, 6) is 0. The van der Waals surface area contributed by atoms with E-state index < -0.39 is 0 Å². The fourth-order valence-electron chi connectivity index (χ4n) is 0.995. The van der Waals surface area contributed by atoms with Crippen molar-refractivity contribution in [3.63, 3.8) is 0 Å². The van der Waals surface area contributed by atoms with Gasteiger partial charge in [-0.2, -0.15) is 0 Å². The first kappa shape index (κ1) is 8.33. The molecule has 1 N–H and O–H groups in total. The highest BCUT2D eigenvalue weighted by atomic mass is 16.3. The number of hydrogen-bond donors (Lipinski definition) is 1. The minimum atomic E-state index is 0.0327. The average Bonchev–Trinajstić information content (AvgIpc) is 1.84. The number of likely N-dealkylation sites (N-methyl/N-ethyl adjacent to an activating group) is 1. The summed E-state index contributed by atoms with van der Waals surface area (Å²) in [5.41, 5.74) is 0. The molecule has 2 amide bonds. The summed E-state index contributed by atoms with van der Waals surface area (Å²) >= 11 is 0. The van der Waals surface area contributed by atoms with Crippen LogP contribution in [0.3, 0.4) is 0 Å². The summed E-state index contributed by atoms with van der Waals surface area (Å²) in [6.07, 6.45) is 1.11. The van der Waals surface area contributed by atoms with Gasteiger partial charge in [0, 0.05) is 26.7 Å². The van der Waals surface area contributed by atoms with Gasteiger partial charge in [-0.05, 0) is 6.42 Å². The van der Waals surface area contributed by atoms with Crippen LogP contribution in [0.5, 0.6) is 0 Å². The van der Waals surface area contributed by atoms with Crippen LogP contribution in [0.1, 0.15) is 6.42 Å². The molecule has 0 atom stereocenters. The van der Waals surface area contributed by atoms with Crippen molar-refractivity contribution in [1.29, 1.82) is 0 Å². The maximum Gasteiger partial charge on any atom is 0.319 e. The van der Waals surface area contributed by atoms with Crippen molar-refractivity contribution in [3.05, 3.63) is 0 Å². The molecule has 1 rings (SSSR count). The molecule has 1 heterocycles. The fourth-order valence-corrected chi connectivity index (χ4v) is 0.995. The number of amides is 2. The lowest BCUT2D eigenvalue weighted by atomic mass is 10.2. The largest absolute Gasteiger partial charge is 0.395 e. The van der Waals surface area contributed by atoms with Crippen LogP contribution in [-0.2, 0) is 0 Å². The maximum atomic E-state index is 11.3. The average molecular weight is 158 g/mol. The van der Waals surface area contributed by atoms with E-state index in [1.165, 1.54) is 0 Å². The van der Waals surface area contributed by atoms with E-state index in [4.69, 9.17) is 5.11 Å². The zero-order chi connectivity index (χ0) is 8.27. The summed E-state index contributed by atoms with van der Waals surface area (Å²) in [6.45, 7) is 2.20. The van der Waals surface area contributed by atoms with E-state index in [-0.39, 0.29) is 12.6 Å². The lowest BCUT2D eigenvalue weighted by molar-refractivity contribution is 0.127. The Hall–Kier alpha value is -0.770. The standard InChI is InChI=1S/C7H14N2O2/c1-8(5-6-10)7(11)9-3-2-4-9/h10H,2-6H2,1H3. The number of carbonyl (C=O) groups is 1. The second kappa shape index (κ2) is 3.57. The van der Waals surface area contributed by atoms with Crippen LogP contribution < -0.4 is 0 Å². The topological polar surface area (TPSA) is 43.8 Å². The second-order valence-electron chi connectivity index (χ2n) is 2.77. The van der Waals surface area contributed by atoms with Crippen molar-refractivity contribution in [3.8, 4) is 0 Å². The van der Waals surface area contributed by atoms with Gasteiger partial charge in [-0.25, -0.2) is 4.79 Å². The van der Waals surface area contributed by atoms with Crippen LogP contribution in [0, 0.1) is 0 Å². The number of hydrogen-bond acceptors (Lipinski definition) is 2. The summed E-state index contributed by atoms with van der Waals surface area (Å²) < 4.78 is 0. The van der Waals surface area contributed by atoms with Crippen LogP contribution in [0.15, 0.2) is 0 Å². The van der Waals surface area contributed by atoms with Gasteiger partial charge >= 0.3 is 6.03 Å². The third-order valence-corrected chi connectivity index (χ3v) is 1.89. The molecule has 0 unspecified atom stereocenters. The lowest BCUT2D eigenvalue weighted by Crippen LogP contribution is -2.48. The van der Waals surface area contributed by atoms with Crippen molar-refractivity contribution in [1.82, 2.24) is 9.80 Å². The highest BCUT2D eigenvalue weighted by Gasteiger charge is 2.22. The molecule has 1 fully saturated rings. The van der Waals surface area contributed by atoms with Gasteiger partial charge in [-0.3, -0.25) is 0 Å². The van der Waals surface area contributed by atoms with Crippen molar-refractivity contribution in [2.24, 2.45) is 0 Å². The predicted octanol–water partition coefficient (Wildman–Crippen LogP) is -0.264. The van der Waals surface area contributed by atoms with Crippen molar-refractivity contribution >= 4 is 6.03 Å². The van der Waals surface area contributed by atoms with Crippen LogP contribution in [0.25, 0.3) is 0 Å². The first-order chi connectivity index (χ1) is 5.25. The summed E-state index contributed by atoms with van der Waals surface area (Å²) in [4.78, 5) is 14.6. The molecule has 0 aromatic carbocycles. The molecule has 4 nitrogen and oxygen atoms in total. The van der Waals surface area contributed by atoms with Gasteiger partial charge in [0.15, 0.2) is 0 Å². The van der Waals surface area contributed by atoms with Gasteiger partial charge in [0.05, 0.1) is 6.61 Å². The van der Waals surface area contributed by atoms with E-state index in [2.05, 4.69) is 0 Å². The molecule has 0 radical (unpaired) electrons. The quantitative estimate of drug-likeness (QED) is 0.601. The Kier molecular flexibility index (Phi) is 2.70. The molecule has 0 saturated carbocycles. The number of rotatable bonds is 2. The number of aliphatic hydroxyl groups excluding tert-OH is 1. The minimum absolute atomic E-state index is 0.0327. The van der Waals surface area contributed by atoms with E-state index in [9.17, 15) is 4.79 Å². The van der Waals surface area contributed by atoms with Crippen LogP contribution in [0.4, 0.5) is 4.79 Å².